The fourth-order valence-electron chi connectivity index (χ4n) is 0.942. The number of likely N-dealkylation sites (N-methyl/N-ethyl adjacent to an activating group) is 1. The zero-order valence-corrected chi connectivity index (χ0v) is 10.8. The topological polar surface area (TPSA) is 60.8 Å². The molecule has 4 nitrogen and oxygen atoms in total. The molecule has 0 saturated carbocycles. The van der Waals surface area contributed by atoms with Gasteiger partial charge in [0.1, 0.15) is 0 Å². The largest absolute Gasteiger partial charge is 0.521 e. The van der Waals surface area contributed by atoms with Gasteiger partial charge in [0, 0.05) is 0 Å². The predicted octanol–water partition coefficient (Wildman–Crippen LogP) is -0.280. The molecule has 0 aliphatic carbocycles. The second kappa shape index (κ2) is 11.9. The molecule has 2 N–H and O–H groups in total. The highest BCUT2D eigenvalue weighted by molar-refractivity contribution is 5.95. The molecule has 5 heteroatoms. The molecule has 0 fully saturated rings. The molecule has 0 bridgehead atoms. The van der Waals surface area contributed by atoms with Crippen molar-refractivity contribution in [3.8, 4) is 0 Å². The molecule has 0 rings (SSSR count). The van der Waals surface area contributed by atoms with Gasteiger partial charge in [0.25, 0.3) is 0 Å². The Morgan fingerprint density at radius 1 is 1.38 bits per heavy atom. The first-order valence-corrected chi connectivity index (χ1v) is 5.41. The highest BCUT2D eigenvalue weighted by atomic mass is 27.1. The number of hydrogen-bond donors (Lipinski definition) is 2. The lowest BCUT2D eigenvalue weighted by Gasteiger charge is -2.12. The molecular formula is C8H20AlNO3. The Hall–Kier alpha value is -0.0775. The van der Waals surface area contributed by atoms with Gasteiger partial charge in [-0.05, 0) is 20.0 Å². The Labute approximate surface area is 88.3 Å². The summed E-state index contributed by atoms with van der Waals surface area (Å²) in [5.41, 5.74) is 0. The third-order valence-electron chi connectivity index (χ3n) is 1.55. The molecule has 0 saturated heterocycles. The van der Waals surface area contributed by atoms with Gasteiger partial charge in [0.2, 0.25) is 0 Å². The number of unbranched alkanes of at least 4 members (excludes halogenated alkanes) is 2. The van der Waals surface area contributed by atoms with Crippen LogP contribution in [0.2, 0.25) is 0 Å². The molecule has 13 heavy (non-hydrogen) atoms. The zero-order valence-electron chi connectivity index (χ0n) is 8.79. The van der Waals surface area contributed by atoms with Gasteiger partial charge in [0.05, 0.1) is 6.54 Å². The Morgan fingerprint density at radius 2 is 1.92 bits per heavy atom. The van der Waals surface area contributed by atoms with Crippen molar-refractivity contribution in [2.45, 2.75) is 26.2 Å². The molecule has 0 aromatic carbocycles. The van der Waals surface area contributed by atoms with Gasteiger partial charge in [-0.15, -0.1) is 0 Å². The lowest BCUT2D eigenvalue weighted by atomic mass is 10.2. The van der Waals surface area contributed by atoms with Crippen molar-refractivity contribution < 1.29 is 14.1 Å². The van der Waals surface area contributed by atoms with Crippen LogP contribution in [0.15, 0.2) is 0 Å². The predicted molar refractivity (Wildman–Crippen MR) is 55.4 cm³/mol. The van der Waals surface area contributed by atoms with E-state index in [2.05, 4.69) is 6.92 Å². The van der Waals surface area contributed by atoms with Crippen molar-refractivity contribution in [2.24, 2.45) is 0 Å². The minimum atomic E-state index is -0.746. The van der Waals surface area contributed by atoms with E-state index >= 15 is 0 Å². The van der Waals surface area contributed by atoms with Crippen LogP contribution in [0.25, 0.3) is 0 Å². The van der Waals surface area contributed by atoms with E-state index in [0.29, 0.717) is 16.6 Å². The van der Waals surface area contributed by atoms with Crippen LogP contribution in [0.3, 0.4) is 0 Å². The maximum atomic E-state index is 10.2. The lowest BCUT2D eigenvalue weighted by molar-refractivity contribution is -0.137. The summed E-state index contributed by atoms with van der Waals surface area (Å²) in [7, 11) is 1.84. The summed E-state index contributed by atoms with van der Waals surface area (Å²) >= 11 is 0.306. The standard InChI is InChI=1S/C8H17NO2.Al.H2O.2H/c1-3-4-5-6-9(2)7-8(10)11;;;;/h3-7H2,1-2H3,(H,10,11);;1H2;;/q;+1;;;/p-1. The third-order valence-corrected chi connectivity index (χ3v) is 1.55. The summed E-state index contributed by atoms with van der Waals surface area (Å²) in [6.07, 6.45) is 3.46. The summed E-state index contributed by atoms with van der Waals surface area (Å²) in [5.74, 6) is -0.746. The van der Waals surface area contributed by atoms with Gasteiger partial charge >= 0.3 is 22.6 Å². The van der Waals surface area contributed by atoms with Gasteiger partial charge in [-0.3, -0.25) is 9.69 Å². The number of carbonyl (C=O) groups is 1. The normalized spacial score (nSPS) is 9.23. The summed E-state index contributed by atoms with van der Waals surface area (Å²) in [6, 6.07) is 0. The fourth-order valence-corrected chi connectivity index (χ4v) is 0.942. The Balaban J connectivity index is 0. The maximum absolute atomic E-state index is 10.2. The number of carboxylic acids is 1. The van der Waals surface area contributed by atoms with Crippen LogP contribution < -0.4 is 0 Å². The average Bonchev–Trinajstić information content (AvgIpc) is 2.07. The smallest absolute Gasteiger partial charge is 0.407 e. The molecule has 0 atom stereocenters. The molecule has 0 amide bonds. The highest BCUT2D eigenvalue weighted by Crippen LogP contribution is 1.95. The maximum Gasteiger partial charge on any atom is 0.407 e. The van der Waals surface area contributed by atoms with E-state index in [1.807, 2.05) is 11.9 Å². The van der Waals surface area contributed by atoms with Crippen molar-refractivity contribution in [3.63, 3.8) is 0 Å². The van der Waals surface area contributed by atoms with Gasteiger partial charge in [-0.2, -0.15) is 0 Å². The number of rotatable bonds is 6. The third kappa shape index (κ3) is 14.7. The average molecular weight is 205 g/mol. The summed E-state index contributed by atoms with van der Waals surface area (Å²) in [4.78, 5) is 12.0. The highest BCUT2D eigenvalue weighted by Gasteiger charge is 2.01. The van der Waals surface area contributed by atoms with Crippen LogP contribution in [-0.2, 0) is 4.79 Å². The zero-order chi connectivity index (χ0) is 10.7. The molecule has 0 aromatic rings. The van der Waals surface area contributed by atoms with Crippen molar-refractivity contribution in [2.75, 3.05) is 20.1 Å². The van der Waals surface area contributed by atoms with Crippen LogP contribution >= 0.6 is 0 Å². The Morgan fingerprint density at radius 3 is 2.31 bits per heavy atom. The number of carboxylic acid groups (broad SMARTS) is 1. The molecule has 0 spiro atoms. The minimum absolute atomic E-state index is 0.156. The van der Waals surface area contributed by atoms with Gasteiger partial charge in [0.15, 0.2) is 0 Å². The second-order valence-corrected chi connectivity index (χ2v) is 2.84. The molecule has 0 radical (unpaired) electrons. The number of nitrogens with zero attached hydrogens (tertiary/aromatic N) is 1. The van der Waals surface area contributed by atoms with Crippen LogP contribution in [0.5, 0.6) is 0 Å². The molecule has 0 heterocycles. The van der Waals surface area contributed by atoms with Crippen LogP contribution in [0, 0.1) is 0 Å². The van der Waals surface area contributed by atoms with E-state index in [4.69, 9.17) is 9.26 Å². The van der Waals surface area contributed by atoms with E-state index in [9.17, 15) is 4.79 Å². The van der Waals surface area contributed by atoms with Gasteiger partial charge < -0.3 is 9.26 Å². The summed E-state index contributed by atoms with van der Waals surface area (Å²) in [5, 5.41) is 8.40. The SMILES string of the molecule is CCCCCN(C)CC(=O)O.[OH][AlH2]. The fraction of sp³-hybridized carbons (Fsp3) is 0.875. The first kappa shape index (κ1) is 15.4. The van der Waals surface area contributed by atoms with E-state index in [-0.39, 0.29) is 6.54 Å². The lowest BCUT2D eigenvalue weighted by Crippen LogP contribution is -2.26. The molecule has 0 aromatic heterocycles. The van der Waals surface area contributed by atoms with Crippen LogP contribution in [-0.4, -0.2) is 56.9 Å². The quantitative estimate of drug-likeness (QED) is 0.462. The molecule has 78 valence electrons. The number of aliphatic carboxylic acids is 1. The van der Waals surface area contributed by atoms with Crippen molar-refractivity contribution in [1.82, 2.24) is 4.90 Å². The van der Waals surface area contributed by atoms with Crippen molar-refractivity contribution in [3.05, 3.63) is 0 Å². The minimum Gasteiger partial charge on any atom is -0.521 e. The van der Waals surface area contributed by atoms with E-state index in [1.54, 1.807) is 0 Å². The second-order valence-electron chi connectivity index (χ2n) is 2.84. The number of hydrogen-bond acceptors (Lipinski definition) is 3. The van der Waals surface area contributed by atoms with Crippen LogP contribution in [0.1, 0.15) is 26.2 Å². The van der Waals surface area contributed by atoms with Crippen LogP contribution in [0.4, 0.5) is 0 Å². The summed E-state index contributed by atoms with van der Waals surface area (Å²) < 4.78 is 7.14. The molecule has 0 aliphatic heterocycles. The Bertz CT molecular complexity index is 122. The van der Waals surface area contributed by atoms with E-state index < -0.39 is 5.97 Å². The van der Waals surface area contributed by atoms with E-state index in [1.165, 1.54) is 12.8 Å². The first-order chi connectivity index (χ1) is 6.16. The van der Waals surface area contributed by atoms with Crippen molar-refractivity contribution in [1.29, 1.82) is 0 Å². The van der Waals surface area contributed by atoms with Gasteiger partial charge in [-0.25, -0.2) is 0 Å². The molecule has 0 unspecified atom stereocenters. The summed E-state index contributed by atoms with van der Waals surface area (Å²) in [6.45, 7) is 3.18. The van der Waals surface area contributed by atoms with Crippen molar-refractivity contribution >= 4 is 22.6 Å². The van der Waals surface area contributed by atoms with Gasteiger partial charge in [-0.1, -0.05) is 19.8 Å². The Kier molecular flexibility index (Phi) is 14.1. The monoisotopic (exact) mass is 205 g/mol. The van der Waals surface area contributed by atoms with E-state index in [0.717, 1.165) is 13.0 Å². The molecule has 0 aliphatic rings. The molecular weight excluding hydrogens is 185 g/mol. The first-order valence-electron chi connectivity index (χ1n) is 4.52.